The quantitative estimate of drug-likeness (QED) is 0.371. The van der Waals surface area contributed by atoms with Crippen LogP contribution in [-0.4, -0.2) is 19.5 Å². The first-order valence-electron chi connectivity index (χ1n) is 10.8. The Hall–Kier alpha value is -3.88. The van der Waals surface area contributed by atoms with Crippen LogP contribution < -0.4 is 11.1 Å². The Morgan fingerprint density at radius 1 is 1.03 bits per heavy atom. The molecule has 2 aromatic heterocycles. The summed E-state index contributed by atoms with van der Waals surface area (Å²) in [5.74, 6) is 1.68. The smallest absolute Gasteiger partial charge is 0.394 e. The largest absolute Gasteiger partial charge is 0.434 e. The number of aromatic nitrogens is 4. The molecule has 0 aliphatic carbocycles. The van der Waals surface area contributed by atoms with Crippen LogP contribution in [0, 0.1) is 0 Å². The first-order valence-corrected chi connectivity index (χ1v) is 10.8. The molecule has 4 aromatic rings. The molecule has 2 heterocycles. The van der Waals surface area contributed by atoms with Crippen LogP contribution in [0.3, 0.4) is 0 Å². The number of aryl methyl sites for hydroxylation is 1. The van der Waals surface area contributed by atoms with E-state index in [0.29, 0.717) is 35.4 Å². The first-order chi connectivity index (χ1) is 16.1. The Morgan fingerprint density at radius 2 is 1.74 bits per heavy atom. The van der Waals surface area contributed by atoms with Gasteiger partial charge in [0.05, 0.1) is 11.9 Å². The lowest BCUT2D eigenvalue weighted by molar-refractivity contribution is -0.140. The summed E-state index contributed by atoms with van der Waals surface area (Å²) in [6.45, 7) is 4.67. The second kappa shape index (κ2) is 9.17. The van der Waals surface area contributed by atoms with Crippen molar-refractivity contribution in [2.75, 3.05) is 11.1 Å². The zero-order valence-electron chi connectivity index (χ0n) is 19.1. The molecule has 4 rings (SSSR count). The lowest BCUT2D eigenvalue weighted by Gasteiger charge is -2.14. The Balaban J connectivity index is 1.52. The van der Waals surface area contributed by atoms with Crippen LogP contribution in [0.15, 0.2) is 60.9 Å². The fourth-order valence-electron chi connectivity index (χ4n) is 3.70. The highest BCUT2D eigenvalue weighted by Crippen LogP contribution is 2.31. The van der Waals surface area contributed by atoms with Crippen molar-refractivity contribution in [1.82, 2.24) is 19.5 Å². The Kier molecular flexibility index (Phi) is 6.28. The van der Waals surface area contributed by atoms with Crippen LogP contribution in [0.5, 0.6) is 0 Å². The molecule has 6 nitrogen and oxygen atoms in total. The molecule has 176 valence electrons. The van der Waals surface area contributed by atoms with Crippen molar-refractivity contribution in [3.05, 3.63) is 77.7 Å². The van der Waals surface area contributed by atoms with Gasteiger partial charge in [0, 0.05) is 30.9 Å². The second-order valence-electron chi connectivity index (χ2n) is 8.35. The maximum atomic E-state index is 12.9. The fraction of sp³-hybridized carbons (Fsp3) is 0.240. The highest BCUT2D eigenvalue weighted by Gasteiger charge is 2.34. The van der Waals surface area contributed by atoms with Gasteiger partial charge in [-0.1, -0.05) is 62.4 Å². The monoisotopic (exact) mass is 466 g/mol. The summed E-state index contributed by atoms with van der Waals surface area (Å²) in [7, 11) is 1.54. The van der Waals surface area contributed by atoms with E-state index in [1.54, 1.807) is 25.4 Å². The summed E-state index contributed by atoms with van der Waals surface area (Å²) < 4.78 is 40.2. The lowest BCUT2D eigenvalue weighted by Crippen LogP contribution is -2.07. The number of hydrogen-bond donors (Lipinski definition) is 2. The zero-order chi connectivity index (χ0) is 24.5. The SMILES string of the molecule is CC(C)c1ccccc1-c1ncc(N)c(NCc2ccc(-c3nc(C(F)(F)F)cn3C)cc2)n1. The van der Waals surface area contributed by atoms with E-state index < -0.39 is 11.9 Å². The van der Waals surface area contributed by atoms with Gasteiger partial charge in [0.2, 0.25) is 0 Å². The van der Waals surface area contributed by atoms with E-state index in [2.05, 4.69) is 40.2 Å². The standard InChI is InChI=1S/C25H25F3N6/c1-15(2)18-6-4-5-7-19(18)22-31-13-20(29)23(33-22)30-12-16-8-10-17(11-9-16)24-32-21(14-34(24)3)25(26,27)28/h4-11,13-15H,12,29H2,1-3H3,(H,30,31,33). The number of rotatable bonds is 6. The van der Waals surface area contributed by atoms with Gasteiger partial charge >= 0.3 is 6.18 Å². The van der Waals surface area contributed by atoms with Gasteiger partial charge in [0.15, 0.2) is 17.3 Å². The number of halogens is 3. The predicted octanol–water partition coefficient (Wildman–Crippen LogP) is 5.88. The number of nitrogens with zero attached hydrogens (tertiary/aromatic N) is 4. The van der Waals surface area contributed by atoms with Gasteiger partial charge in [-0.3, -0.25) is 0 Å². The Labute approximate surface area is 195 Å². The highest BCUT2D eigenvalue weighted by atomic mass is 19.4. The van der Waals surface area contributed by atoms with Crippen molar-refractivity contribution in [1.29, 1.82) is 0 Å². The van der Waals surface area contributed by atoms with Crippen LogP contribution in [0.2, 0.25) is 0 Å². The van der Waals surface area contributed by atoms with Gasteiger partial charge in [-0.15, -0.1) is 0 Å². The molecule has 3 N–H and O–H groups in total. The number of imidazole rings is 1. The fourth-order valence-corrected chi connectivity index (χ4v) is 3.70. The third kappa shape index (κ3) is 4.88. The van der Waals surface area contributed by atoms with Crippen molar-refractivity contribution >= 4 is 11.5 Å². The highest BCUT2D eigenvalue weighted by molar-refractivity contribution is 5.68. The minimum atomic E-state index is -4.48. The molecule has 0 atom stereocenters. The number of anilines is 2. The maximum Gasteiger partial charge on any atom is 0.434 e. The summed E-state index contributed by atoms with van der Waals surface area (Å²) in [6.07, 6.45) is -1.91. The molecular weight excluding hydrogens is 441 g/mol. The second-order valence-corrected chi connectivity index (χ2v) is 8.35. The number of benzene rings is 2. The third-order valence-electron chi connectivity index (χ3n) is 5.48. The normalized spacial score (nSPS) is 11.7. The molecule has 0 spiro atoms. The zero-order valence-corrected chi connectivity index (χ0v) is 19.1. The van der Waals surface area contributed by atoms with Gasteiger partial charge in [-0.05, 0) is 17.0 Å². The van der Waals surface area contributed by atoms with Crippen molar-refractivity contribution in [2.45, 2.75) is 32.5 Å². The molecule has 0 unspecified atom stereocenters. The molecule has 0 aliphatic heterocycles. The van der Waals surface area contributed by atoms with Crippen molar-refractivity contribution in [3.8, 4) is 22.8 Å². The summed E-state index contributed by atoms with van der Waals surface area (Å²) in [4.78, 5) is 12.8. The van der Waals surface area contributed by atoms with Crippen LogP contribution >= 0.6 is 0 Å². The molecule has 0 radical (unpaired) electrons. The van der Waals surface area contributed by atoms with E-state index in [-0.39, 0.29) is 5.82 Å². The molecule has 9 heteroatoms. The number of hydrogen-bond acceptors (Lipinski definition) is 5. The maximum absolute atomic E-state index is 12.9. The summed E-state index contributed by atoms with van der Waals surface area (Å²) in [6, 6.07) is 15.1. The van der Waals surface area contributed by atoms with E-state index in [4.69, 9.17) is 5.73 Å². The molecule has 0 bridgehead atoms. The molecule has 2 aromatic carbocycles. The van der Waals surface area contributed by atoms with Crippen molar-refractivity contribution in [3.63, 3.8) is 0 Å². The summed E-state index contributed by atoms with van der Waals surface area (Å²) in [5.41, 5.74) is 9.22. The molecule has 0 saturated carbocycles. The topological polar surface area (TPSA) is 81.6 Å². The van der Waals surface area contributed by atoms with Crippen LogP contribution in [-0.2, 0) is 19.8 Å². The molecule has 0 aliphatic rings. The predicted molar refractivity (Wildman–Crippen MR) is 127 cm³/mol. The van der Waals surface area contributed by atoms with Gasteiger partial charge in [0.1, 0.15) is 5.82 Å². The third-order valence-corrected chi connectivity index (χ3v) is 5.48. The van der Waals surface area contributed by atoms with Crippen LogP contribution in [0.25, 0.3) is 22.8 Å². The molecule has 0 amide bonds. The lowest BCUT2D eigenvalue weighted by atomic mass is 9.97. The van der Waals surface area contributed by atoms with E-state index in [1.165, 1.54) is 4.57 Å². The molecule has 34 heavy (non-hydrogen) atoms. The summed E-state index contributed by atoms with van der Waals surface area (Å²) in [5, 5.41) is 3.24. The van der Waals surface area contributed by atoms with Crippen molar-refractivity contribution in [2.24, 2.45) is 7.05 Å². The average molecular weight is 467 g/mol. The van der Waals surface area contributed by atoms with E-state index in [1.807, 2.05) is 30.3 Å². The van der Waals surface area contributed by atoms with Gasteiger partial charge in [-0.25, -0.2) is 15.0 Å². The van der Waals surface area contributed by atoms with E-state index >= 15 is 0 Å². The summed E-state index contributed by atoms with van der Waals surface area (Å²) >= 11 is 0. The van der Waals surface area contributed by atoms with Crippen molar-refractivity contribution < 1.29 is 13.2 Å². The Bertz CT molecular complexity index is 1290. The minimum Gasteiger partial charge on any atom is -0.394 e. The van der Waals surface area contributed by atoms with Gasteiger partial charge in [0.25, 0.3) is 0 Å². The van der Waals surface area contributed by atoms with E-state index in [0.717, 1.165) is 22.9 Å². The van der Waals surface area contributed by atoms with Gasteiger partial charge in [-0.2, -0.15) is 13.2 Å². The molecule has 0 saturated heterocycles. The molecular formula is C25H25F3N6. The van der Waals surface area contributed by atoms with Crippen LogP contribution in [0.4, 0.5) is 24.7 Å². The average Bonchev–Trinajstić information content (AvgIpc) is 3.21. The Morgan fingerprint density at radius 3 is 2.38 bits per heavy atom. The molecule has 0 fully saturated rings. The number of alkyl halides is 3. The van der Waals surface area contributed by atoms with Gasteiger partial charge < -0.3 is 15.6 Å². The van der Waals surface area contributed by atoms with E-state index in [9.17, 15) is 13.2 Å². The first kappa shape index (κ1) is 23.3. The minimum absolute atomic E-state index is 0.250. The van der Waals surface area contributed by atoms with Crippen LogP contribution in [0.1, 0.15) is 36.6 Å². The number of nitrogens with two attached hydrogens (primary N) is 1. The number of nitrogens with one attached hydrogen (secondary N) is 1. The number of nitrogen functional groups attached to an aromatic ring is 1.